The second-order valence-electron chi connectivity index (χ2n) is 5.92. The van der Waals surface area contributed by atoms with Crippen LogP contribution in [-0.4, -0.2) is 60.1 Å². The van der Waals surface area contributed by atoms with E-state index in [2.05, 4.69) is 23.8 Å². The first-order valence-electron chi connectivity index (χ1n) is 7.47. The Morgan fingerprint density at radius 1 is 1.38 bits per heavy atom. The molecule has 1 saturated heterocycles. The molecule has 5 heteroatoms. The number of hydrogen-bond donors (Lipinski definition) is 2. The van der Waals surface area contributed by atoms with Crippen molar-refractivity contribution in [2.45, 2.75) is 24.9 Å². The lowest BCUT2D eigenvalue weighted by Gasteiger charge is -2.42. The first-order valence-corrected chi connectivity index (χ1v) is 7.47. The molecule has 1 fully saturated rings. The summed E-state index contributed by atoms with van der Waals surface area (Å²) in [6.07, 6.45) is 1.06. The smallest absolute Gasteiger partial charge is 0.329 e. The van der Waals surface area contributed by atoms with Crippen LogP contribution in [0.15, 0.2) is 30.3 Å². The summed E-state index contributed by atoms with van der Waals surface area (Å²) in [6, 6.07) is 9.59. The van der Waals surface area contributed by atoms with Crippen molar-refractivity contribution < 1.29 is 9.90 Å². The molecule has 0 bridgehead atoms. The molecule has 0 spiro atoms. The van der Waals surface area contributed by atoms with Crippen molar-refractivity contribution in [2.75, 3.05) is 33.2 Å². The zero-order chi connectivity index (χ0) is 15.5. The number of aliphatic carboxylic acids is 1. The van der Waals surface area contributed by atoms with Gasteiger partial charge in [0, 0.05) is 32.2 Å². The van der Waals surface area contributed by atoms with Gasteiger partial charge in [-0.25, -0.2) is 4.79 Å². The maximum absolute atomic E-state index is 11.7. The number of nitrogens with two attached hydrogens (primary N) is 1. The van der Waals surface area contributed by atoms with E-state index < -0.39 is 11.5 Å². The predicted octanol–water partition coefficient (Wildman–Crippen LogP) is 0.951. The van der Waals surface area contributed by atoms with Crippen molar-refractivity contribution in [1.29, 1.82) is 0 Å². The van der Waals surface area contributed by atoms with Crippen LogP contribution in [0.2, 0.25) is 0 Å². The van der Waals surface area contributed by atoms with Gasteiger partial charge in [0.05, 0.1) is 0 Å². The standard InChI is InChI=1S/C16H25N3O2/c1-3-14-11-19(10-9-18(14)2)12-16(17,15(20)21)13-7-5-4-6-8-13/h4-8,14H,3,9-12,17H2,1-2H3,(H,20,21). The van der Waals surface area contributed by atoms with Crippen molar-refractivity contribution in [2.24, 2.45) is 5.73 Å². The molecule has 0 aromatic heterocycles. The van der Waals surface area contributed by atoms with Crippen LogP contribution in [0, 0.1) is 0 Å². The summed E-state index contributed by atoms with van der Waals surface area (Å²) < 4.78 is 0. The van der Waals surface area contributed by atoms with Crippen molar-refractivity contribution >= 4 is 5.97 Å². The summed E-state index contributed by atoms with van der Waals surface area (Å²) in [5, 5.41) is 9.63. The van der Waals surface area contributed by atoms with Crippen LogP contribution < -0.4 is 5.73 Å². The Bertz CT molecular complexity index is 480. The molecule has 0 saturated carbocycles. The zero-order valence-corrected chi connectivity index (χ0v) is 12.8. The molecular formula is C16H25N3O2. The first-order chi connectivity index (χ1) is 9.97. The first kappa shape index (κ1) is 15.9. The molecule has 2 rings (SSSR count). The van der Waals surface area contributed by atoms with Gasteiger partial charge in [-0.1, -0.05) is 37.3 Å². The molecule has 1 heterocycles. The number of carboxylic acids is 1. The zero-order valence-electron chi connectivity index (χ0n) is 12.8. The van der Waals surface area contributed by atoms with E-state index in [0.29, 0.717) is 18.2 Å². The van der Waals surface area contributed by atoms with E-state index in [-0.39, 0.29) is 0 Å². The molecule has 1 aliphatic rings. The maximum Gasteiger partial charge on any atom is 0.329 e. The Morgan fingerprint density at radius 2 is 2.05 bits per heavy atom. The predicted molar refractivity (Wildman–Crippen MR) is 83.1 cm³/mol. The van der Waals surface area contributed by atoms with Gasteiger partial charge in [0.2, 0.25) is 0 Å². The highest BCUT2D eigenvalue weighted by atomic mass is 16.4. The van der Waals surface area contributed by atoms with Crippen molar-refractivity contribution in [3.05, 3.63) is 35.9 Å². The quantitative estimate of drug-likeness (QED) is 0.845. The minimum absolute atomic E-state index is 0.344. The minimum atomic E-state index is -1.35. The Labute approximate surface area is 126 Å². The molecule has 1 aromatic rings. The molecule has 1 aliphatic heterocycles. The number of benzene rings is 1. The van der Waals surface area contributed by atoms with Crippen LogP contribution in [0.3, 0.4) is 0 Å². The fourth-order valence-electron chi connectivity index (χ4n) is 2.97. The average molecular weight is 291 g/mol. The lowest BCUT2D eigenvalue weighted by molar-refractivity contribution is -0.145. The number of carboxylic acid groups (broad SMARTS) is 1. The summed E-state index contributed by atoms with van der Waals surface area (Å²) in [6.45, 7) is 5.17. The highest BCUT2D eigenvalue weighted by Gasteiger charge is 2.39. The molecule has 1 aromatic carbocycles. The second-order valence-corrected chi connectivity index (χ2v) is 5.92. The molecule has 0 amide bonds. The number of nitrogens with zero attached hydrogens (tertiary/aromatic N) is 2. The molecular weight excluding hydrogens is 266 g/mol. The lowest BCUT2D eigenvalue weighted by atomic mass is 9.90. The van der Waals surface area contributed by atoms with Crippen LogP contribution in [0.1, 0.15) is 18.9 Å². The Balaban J connectivity index is 2.16. The summed E-state index contributed by atoms with van der Waals surface area (Å²) in [7, 11) is 2.12. The molecule has 2 atom stereocenters. The highest BCUT2D eigenvalue weighted by Crippen LogP contribution is 2.22. The fraction of sp³-hybridized carbons (Fsp3) is 0.562. The molecule has 3 N–H and O–H groups in total. The summed E-state index contributed by atoms with van der Waals surface area (Å²) >= 11 is 0. The van der Waals surface area contributed by atoms with Crippen LogP contribution in [0.4, 0.5) is 0 Å². The number of rotatable bonds is 5. The van der Waals surface area contributed by atoms with E-state index in [1.165, 1.54) is 0 Å². The van der Waals surface area contributed by atoms with E-state index in [9.17, 15) is 9.90 Å². The normalized spacial score (nSPS) is 23.7. The lowest BCUT2D eigenvalue weighted by Crippen LogP contribution is -2.59. The van der Waals surface area contributed by atoms with Gasteiger partial charge in [0.25, 0.3) is 0 Å². The Hall–Kier alpha value is -1.43. The van der Waals surface area contributed by atoms with Gasteiger partial charge in [-0.05, 0) is 19.0 Å². The Morgan fingerprint density at radius 3 is 2.62 bits per heavy atom. The van der Waals surface area contributed by atoms with Crippen LogP contribution >= 0.6 is 0 Å². The average Bonchev–Trinajstić information content (AvgIpc) is 2.49. The van der Waals surface area contributed by atoms with Crippen molar-refractivity contribution in [1.82, 2.24) is 9.80 Å². The van der Waals surface area contributed by atoms with E-state index in [4.69, 9.17) is 5.73 Å². The van der Waals surface area contributed by atoms with Crippen LogP contribution in [0.5, 0.6) is 0 Å². The van der Waals surface area contributed by atoms with Crippen molar-refractivity contribution in [3.63, 3.8) is 0 Å². The maximum atomic E-state index is 11.7. The van der Waals surface area contributed by atoms with E-state index >= 15 is 0 Å². The van der Waals surface area contributed by atoms with Gasteiger partial charge >= 0.3 is 5.97 Å². The molecule has 0 aliphatic carbocycles. The van der Waals surface area contributed by atoms with Crippen LogP contribution in [-0.2, 0) is 10.3 Å². The monoisotopic (exact) mass is 291 g/mol. The largest absolute Gasteiger partial charge is 0.480 e. The van der Waals surface area contributed by atoms with E-state index in [1.54, 1.807) is 12.1 Å². The molecule has 2 unspecified atom stereocenters. The second kappa shape index (κ2) is 6.56. The van der Waals surface area contributed by atoms with E-state index in [0.717, 1.165) is 26.1 Å². The van der Waals surface area contributed by atoms with Gasteiger partial charge in [-0.2, -0.15) is 0 Å². The Kier molecular flexibility index (Phi) is 4.98. The van der Waals surface area contributed by atoms with Gasteiger partial charge in [-0.3, -0.25) is 4.90 Å². The molecule has 21 heavy (non-hydrogen) atoms. The molecule has 5 nitrogen and oxygen atoms in total. The summed E-state index contributed by atoms with van der Waals surface area (Å²) in [4.78, 5) is 16.3. The number of likely N-dealkylation sites (N-methyl/N-ethyl adjacent to an activating group) is 1. The SMILES string of the molecule is CCC1CN(CC(N)(C(=O)O)c2ccccc2)CCN1C. The number of carbonyl (C=O) groups is 1. The van der Waals surface area contributed by atoms with Gasteiger partial charge in [0.1, 0.15) is 0 Å². The molecule has 116 valence electrons. The fourth-order valence-corrected chi connectivity index (χ4v) is 2.97. The van der Waals surface area contributed by atoms with Crippen molar-refractivity contribution in [3.8, 4) is 0 Å². The van der Waals surface area contributed by atoms with Gasteiger partial charge in [0.15, 0.2) is 5.54 Å². The minimum Gasteiger partial charge on any atom is -0.480 e. The number of hydrogen-bond acceptors (Lipinski definition) is 4. The topological polar surface area (TPSA) is 69.8 Å². The third-order valence-corrected chi connectivity index (χ3v) is 4.48. The van der Waals surface area contributed by atoms with Gasteiger partial charge in [-0.15, -0.1) is 0 Å². The number of piperazine rings is 1. The van der Waals surface area contributed by atoms with Gasteiger partial charge < -0.3 is 15.7 Å². The summed E-state index contributed by atoms with van der Waals surface area (Å²) in [5.41, 5.74) is 5.56. The summed E-state index contributed by atoms with van der Waals surface area (Å²) in [5.74, 6) is -0.972. The highest BCUT2D eigenvalue weighted by molar-refractivity contribution is 5.80. The van der Waals surface area contributed by atoms with Crippen LogP contribution in [0.25, 0.3) is 0 Å². The van der Waals surface area contributed by atoms with E-state index in [1.807, 2.05) is 18.2 Å². The third-order valence-electron chi connectivity index (χ3n) is 4.48. The molecule has 0 radical (unpaired) electrons. The third kappa shape index (κ3) is 3.43.